The van der Waals surface area contributed by atoms with Crippen molar-refractivity contribution in [1.82, 2.24) is 4.72 Å². The molecule has 0 bridgehead atoms. The summed E-state index contributed by atoms with van der Waals surface area (Å²) < 4.78 is 30.6. The normalized spacial score (nSPS) is 12.6. The first kappa shape index (κ1) is 15.1. The number of carboxylic acid groups (broad SMARTS) is 1. The number of sulfonamides is 1. The van der Waals surface area contributed by atoms with E-state index in [-0.39, 0.29) is 10.5 Å². The van der Waals surface area contributed by atoms with Gasteiger partial charge in [-0.15, -0.1) is 0 Å². The molecule has 1 unspecified atom stereocenters. The maximum Gasteiger partial charge on any atom is 0.334 e. The van der Waals surface area contributed by atoms with Gasteiger partial charge in [0, 0.05) is 13.7 Å². The van der Waals surface area contributed by atoms with Crippen molar-refractivity contribution in [1.29, 1.82) is 5.26 Å². The Labute approximate surface area is 110 Å². The quantitative estimate of drug-likeness (QED) is 0.755. The molecule has 7 nitrogen and oxygen atoms in total. The van der Waals surface area contributed by atoms with Gasteiger partial charge in [-0.2, -0.15) is 5.26 Å². The van der Waals surface area contributed by atoms with Gasteiger partial charge >= 0.3 is 5.97 Å². The Hall–Kier alpha value is -1.95. The Morgan fingerprint density at radius 3 is 2.68 bits per heavy atom. The highest BCUT2D eigenvalue weighted by molar-refractivity contribution is 7.89. The number of methoxy groups -OCH3 is 1. The number of nitrogens with one attached hydrogen (secondary N) is 1. The van der Waals surface area contributed by atoms with E-state index < -0.39 is 28.6 Å². The van der Waals surface area contributed by atoms with Crippen molar-refractivity contribution in [3.63, 3.8) is 0 Å². The molecule has 0 aromatic heterocycles. The lowest BCUT2D eigenvalue weighted by molar-refractivity contribution is -0.147. The summed E-state index contributed by atoms with van der Waals surface area (Å²) in [6, 6.07) is 7.39. The van der Waals surface area contributed by atoms with Gasteiger partial charge < -0.3 is 9.84 Å². The first-order valence-corrected chi connectivity index (χ1v) is 6.65. The third-order valence-electron chi connectivity index (χ3n) is 2.32. The lowest BCUT2D eigenvalue weighted by Gasteiger charge is -2.12. The fourth-order valence-corrected chi connectivity index (χ4v) is 2.52. The van der Waals surface area contributed by atoms with Crippen molar-refractivity contribution in [3.05, 3.63) is 29.8 Å². The molecule has 8 heteroatoms. The maximum absolute atomic E-state index is 11.9. The molecule has 0 aliphatic heterocycles. The van der Waals surface area contributed by atoms with Crippen molar-refractivity contribution in [2.75, 3.05) is 13.7 Å². The number of benzene rings is 1. The van der Waals surface area contributed by atoms with E-state index in [1.165, 1.54) is 24.3 Å². The van der Waals surface area contributed by atoms with Crippen LogP contribution in [0.2, 0.25) is 0 Å². The minimum absolute atomic E-state index is 0.0145. The van der Waals surface area contributed by atoms with Gasteiger partial charge in [0.15, 0.2) is 6.10 Å². The third kappa shape index (κ3) is 3.75. The van der Waals surface area contributed by atoms with Crippen LogP contribution in [0.3, 0.4) is 0 Å². The van der Waals surface area contributed by atoms with Gasteiger partial charge in [-0.25, -0.2) is 17.9 Å². The minimum atomic E-state index is -3.96. The first-order chi connectivity index (χ1) is 8.92. The van der Waals surface area contributed by atoms with Crippen LogP contribution in [0.15, 0.2) is 29.2 Å². The van der Waals surface area contributed by atoms with Crippen LogP contribution >= 0.6 is 0 Å². The molecule has 1 rings (SSSR count). The fourth-order valence-electron chi connectivity index (χ4n) is 1.33. The standard InChI is InChI=1S/C11H12N2O5S/c1-18-9(11(14)15)7-13-19(16,17)10-5-3-2-4-8(10)6-12/h2-5,9,13H,7H2,1H3,(H,14,15). The summed E-state index contributed by atoms with van der Waals surface area (Å²) in [5.41, 5.74) is -0.0145. The van der Waals surface area contributed by atoms with E-state index in [0.717, 1.165) is 7.11 Å². The molecule has 0 heterocycles. The molecule has 0 aliphatic carbocycles. The highest BCUT2D eigenvalue weighted by Crippen LogP contribution is 2.13. The van der Waals surface area contributed by atoms with Crippen molar-refractivity contribution >= 4 is 16.0 Å². The second-order valence-electron chi connectivity index (χ2n) is 3.52. The van der Waals surface area contributed by atoms with Crippen LogP contribution in [0.25, 0.3) is 0 Å². The van der Waals surface area contributed by atoms with Crippen LogP contribution in [0.5, 0.6) is 0 Å². The Kier molecular flexibility index (Phi) is 5.00. The predicted molar refractivity (Wildman–Crippen MR) is 64.8 cm³/mol. The second-order valence-corrected chi connectivity index (χ2v) is 5.26. The van der Waals surface area contributed by atoms with E-state index in [0.29, 0.717) is 0 Å². The van der Waals surface area contributed by atoms with Crippen LogP contribution in [0, 0.1) is 11.3 Å². The summed E-state index contributed by atoms with van der Waals surface area (Å²) in [5, 5.41) is 17.6. The molecular formula is C11H12N2O5S. The molecule has 0 saturated carbocycles. The zero-order valence-corrected chi connectivity index (χ0v) is 10.8. The van der Waals surface area contributed by atoms with Gasteiger partial charge in [0.2, 0.25) is 10.0 Å². The Morgan fingerprint density at radius 1 is 1.53 bits per heavy atom. The van der Waals surface area contributed by atoms with Crippen LogP contribution < -0.4 is 4.72 Å². The average Bonchev–Trinajstić information content (AvgIpc) is 2.38. The van der Waals surface area contributed by atoms with Crippen LogP contribution in [-0.2, 0) is 19.6 Å². The number of ether oxygens (including phenoxy) is 1. The summed E-state index contributed by atoms with van der Waals surface area (Å²) in [5.74, 6) is -1.28. The van der Waals surface area contributed by atoms with Gasteiger partial charge in [-0.1, -0.05) is 12.1 Å². The highest BCUT2D eigenvalue weighted by atomic mass is 32.2. The summed E-state index contributed by atoms with van der Waals surface area (Å²) >= 11 is 0. The maximum atomic E-state index is 11.9. The topological polar surface area (TPSA) is 116 Å². The number of aliphatic carboxylic acids is 1. The van der Waals surface area contributed by atoms with E-state index in [4.69, 9.17) is 10.4 Å². The molecule has 1 atom stereocenters. The van der Waals surface area contributed by atoms with Crippen molar-refractivity contribution in [2.45, 2.75) is 11.0 Å². The van der Waals surface area contributed by atoms with E-state index >= 15 is 0 Å². The average molecular weight is 284 g/mol. The van der Waals surface area contributed by atoms with Crippen molar-refractivity contribution in [2.24, 2.45) is 0 Å². The fraction of sp³-hybridized carbons (Fsp3) is 0.273. The van der Waals surface area contributed by atoms with Crippen LogP contribution in [-0.4, -0.2) is 39.3 Å². The molecule has 102 valence electrons. The summed E-state index contributed by atoms with van der Waals surface area (Å²) in [6.45, 7) is -0.423. The highest BCUT2D eigenvalue weighted by Gasteiger charge is 2.22. The molecular weight excluding hydrogens is 272 g/mol. The number of nitrogens with zero attached hydrogens (tertiary/aromatic N) is 1. The molecule has 1 aromatic rings. The minimum Gasteiger partial charge on any atom is -0.479 e. The van der Waals surface area contributed by atoms with Gasteiger partial charge in [0.1, 0.15) is 6.07 Å². The molecule has 0 fully saturated rings. The third-order valence-corrected chi connectivity index (χ3v) is 3.80. The zero-order valence-electron chi connectivity index (χ0n) is 10.0. The summed E-state index contributed by atoms with van der Waals surface area (Å²) in [7, 11) is -2.79. The lowest BCUT2D eigenvalue weighted by atomic mass is 10.2. The number of carbonyl (C=O) groups is 1. The molecule has 0 amide bonds. The summed E-state index contributed by atoms with van der Waals surface area (Å²) in [4.78, 5) is 10.5. The lowest BCUT2D eigenvalue weighted by Crippen LogP contribution is -2.38. The molecule has 2 N–H and O–H groups in total. The second kappa shape index (κ2) is 6.29. The number of hydrogen-bond donors (Lipinski definition) is 2. The van der Waals surface area contributed by atoms with Crippen molar-refractivity contribution in [3.8, 4) is 6.07 Å². The zero-order chi connectivity index (χ0) is 14.5. The first-order valence-electron chi connectivity index (χ1n) is 5.16. The Balaban J connectivity index is 2.94. The Bertz CT molecular complexity index is 606. The van der Waals surface area contributed by atoms with E-state index in [1.807, 2.05) is 0 Å². The molecule has 0 saturated heterocycles. The van der Waals surface area contributed by atoms with E-state index in [1.54, 1.807) is 6.07 Å². The SMILES string of the molecule is COC(CNS(=O)(=O)c1ccccc1C#N)C(=O)O. The van der Waals surface area contributed by atoms with Gasteiger partial charge in [-0.3, -0.25) is 0 Å². The number of carboxylic acids is 1. The largest absolute Gasteiger partial charge is 0.479 e. The molecule has 0 aliphatic rings. The molecule has 19 heavy (non-hydrogen) atoms. The van der Waals surface area contributed by atoms with Gasteiger partial charge in [0.05, 0.1) is 10.5 Å². The van der Waals surface area contributed by atoms with Gasteiger partial charge in [0.25, 0.3) is 0 Å². The van der Waals surface area contributed by atoms with Gasteiger partial charge in [-0.05, 0) is 12.1 Å². The number of rotatable bonds is 6. The van der Waals surface area contributed by atoms with E-state index in [9.17, 15) is 13.2 Å². The van der Waals surface area contributed by atoms with E-state index in [2.05, 4.69) is 9.46 Å². The Morgan fingerprint density at radius 2 is 2.16 bits per heavy atom. The van der Waals surface area contributed by atoms with Crippen molar-refractivity contribution < 1.29 is 23.1 Å². The smallest absolute Gasteiger partial charge is 0.334 e. The number of hydrogen-bond acceptors (Lipinski definition) is 5. The van der Waals surface area contributed by atoms with Crippen LogP contribution in [0.4, 0.5) is 0 Å². The van der Waals surface area contributed by atoms with Crippen LogP contribution in [0.1, 0.15) is 5.56 Å². The molecule has 0 radical (unpaired) electrons. The molecule has 1 aromatic carbocycles. The monoisotopic (exact) mass is 284 g/mol. The predicted octanol–water partition coefficient (Wildman–Crippen LogP) is -0.0638. The number of nitriles is 1. The molecule has 0 spiro atoms. The summed E-state index contributed by atoms with van der Waals surface area (Å²) in [6.07, 6.45) is -1.29.